The van der Waals surface area contributed by atoms with Crippen LogP contribution in [0, 0.1) is 0 Å². The number of amides is 1. The molecule has 2 unspecified atom stereocenters. The molecule has 1 amide bonds. The van der Waals surface area contributed by atoms with E-state index in [1.54, 1.807) is 37.4 Å². The number of aromatic hydroxyl groups is 1. The van der Waals surface area contributed by atoms with E-state index in [4.69, 9.17) is 4.74 Å². The van der Waals surface area contributed by atoms with Gasteiger partial charge in [-0.1, -0.05) is 42.5 Å². The Morgan fingerprint density at radius 1 is 1.26 bits per heavy atom. The fourth-order valence-electron chi connectivity index (χ4n) is 3.05. The van der Waals surface area contributed by atoms with Crippen molar-refractivity contribution in [2.75, 3.05) is 13.1 Å². The van der Waals surface area contributed by atoms with Gasteiger partial charge in [0.1, 0.15) is 18.0 Å². The van der Waals surface area contributed by atoms with Crippen LogP contribution in [0.15, 0.2) is 59.6 Å². The molecular weight excluding hydrogens is 344 g/mol. The number of likely N-dealkylation sites (tertiary alicyclic amines) is 1. The van der Waals surface area contributed by atoms with Crippen LogP contribution in [0.1, 0.15) is 24.5 Å². The van der Waals surface area contributed by atoms with Crippen LogP contribution in [-0.2, 0) is 11.3 Å². The van der Waals surface area contributed by atoms with Gasteiger partial charge in [0.15, 0.2) is 0 Å². The van der Waals surface area contributed by atoms with Crippen molar-refractivity contribution >= 4 is 12.3 Å². The lowest BCUT2D eigenvalue weighted by molar-refractivity contribution is 0.0267. The molecule has 2 aromatic rings. The van der Waals surface area contributed by atoms with Gasteiger partial charge in [0.2, 0.25) is 0 Å². The first-order valence-electron chi connectivity index (χ1n) is 8.97. The molecule has 2 N–H and O–H groups in total. The van der Waals surface area contributed by atoms with E-state index in [0.29, 0.717) is 18.5 Å². The average Bonchev–Trinajstić information content (AvgIpc) is 3.10. The summed E-state index contributed by atoms with van der Waals surface area (Å²) in [5.74, 6) is 0.137. The minimum Gasteiger partial charge on any atom is -0.507 e. The predicted octanol–water partition coefficient (Wildman–Crippen LogP) is 2.97. The van der Waals surface area contributed by atoms with Gasteiger partial charge < -0.3 is 19.8 Å². The van der Waals surface area contributed by atoms with Crippen molar-refractivity contribution in [1.82, 2.24) is 4.90 Å². The fourth-order valence-corrected chi connectivity index (χ4v) is 3.05. The summed E-state index contributed by atoms with van der Waals surface area (Å²) in [5, 5.41) is 20.7. The number of para-hydroxylation sites is 1. The monoisotopic (exact) mass is 368 g/mol. The summed E-state index contributed by atoms with van der Waals surface area (Å²) in [6.07, 6.45) is 1.54. The third-order valence-corrected chi connectivity index (χ3v) is 4.89. The van der Waals surface area contributed by atoms with Crippen LogP contribution < -0.4 is 0 Å². The first kappa shape index (κ1) is 18.9. The quantitative estimate of drug-likeness (QED) is 0.795. The van der Waals surface area contributed by atoms with Gasteiger partial charge in [-0.25, -0.2) is 4.79 Å². The van der Waals surface area contributed by atoms with Crippen molar-refractivity contribution in [3.05, 3.63) is 65.7 Å². The number of phenolic OH excluding ortho intramolecular Hbond substituents is 1. The number of benzene rings is 2. The summed E-state index contributed by atoms with van der Waals surface area (Å²) in [7, 11) is 0. The first-order chi connectivity index (χ1) is 13.0. The maximum atomic E-state index is 12.3. The van der Waals surface area contributed by atoms with Gasteiger partial charge in [0.05, 0.1) is 12.6 Å². The standard InChI is InChI=1S/C21H24N2O4/c1-16(22-13-18-9-5-6-10-19(18)24)21(26)11-12-23(15-21)20(25)27-14-17-7-3-2-4-8-17/h2-10,13,16,24,26H,11-12,14-15H2,1H3. The number of carbonyl (C=O) groups excluding carboxylic acids is 1. The lowest BCUT2D eigenvalue weighted by Crippen LogP contribution is -2.43. The van der Waals surface area contributed by atoms with Crippen molar-refractivity contribution in [3.63, 3.8) is 0 Å². The predicted molar refractivity (Wildman–Crippen MR) is 103 cm³/mol. The molecule has 1 aliphatic heterocycles. The minimum atomic E-state index is -1.12. The summed E-state index contributed by atoms with van der Waals surface area (Å²) < 4.78 is 5.33. The van der Waals surface area contributed by atoms with Crippen molar-refractivity contribution in [2.24, 2.45) is 4.99 Å². The third kappa shape index (κ3) is 4.65. The highest BCUT2D eigenvalue weighted by Crippen LogP contribution is 2.27. The van der Waals surface area contributed by atoms with Crippen molar-refractivity contribution in [1.29, 1.82) is 0 Å². The molecule has 1 saturated heterocycles. The molecule has 6 nitrogen and oxygen atoms in total. The summed E-state index contributed by atoms with van der Waals surface area (Å²) in [6, 6.07) is 15.9. The van der Waals surface area contributed by atoms with E-state index in [1.807, 2.05) is 30.3 Å². The molecule has 0 bridgehead atoms. The molecule has 27 heavy (non-hydrogen) atoms. The van der Waals surface area contributed by atoms with Gasteiger partial charge in [-0.3, -0.25) is 4.99 Å². The first-order valence-corrected chi connectivity index (χ1v) is 8.97. The number of aliphatic hydroxyl groups is 1. The topological polar surface area (TPSA) is 82.4 Å². The highest BCUT2D eigenvalue weighted by Gasteiger charge is 2.43. The number of carbonyl (C=O) groups is 1. The number of phenols is 1. The Labute approximate surface area is 158 Å². The largest absolute Gasteiger partial charge is 0.507 e. The molecule has 1 aliphatic rings. The van der Waals surface area contributed by atoms with Crippen LogP contribution in [0.4, 0.5) is 4.79 Å². The number of aliphatic imine (C=N–C) groups is 1. The molecule has 2 aromatic carbocycles. The molecule has 1 heterocycles. The Morgan fingerprint density at radius 2 is 1.96 bits per heavy atom. The van der Waals surface area contributed by atoms with Crippen LogP contribution in [0.3, 0.4) is 0 Å². The molecule has 1 fully saturated rings. The summed E-state index contributed by atoms with van der Waals surface area (Å²) in [4.78, 5) is 18.2. The Bertz CT molecular complexity index is 809. The van der Waals surface area contributed by atoms with Gasteiger partial charge in [0, 0.05) is 18.3 Å². The smallest absolute Gasteiger partial charge is 0.410 e. The van der Waals surface area contributed by atoms with Crippen LogP contribution >= 0.6 is 0 Å². The van der Waals surface area contributed by atoms with E-state index < -0.39 is 17.7 Å². The molecule has 0 aromatic heterocycles. The highest BCUT2D eigenvalue weighted by molar-refractivity contribution is 5.83. The average molecular weight is 368 g/mol. The van der Waals surface area contributed by atoms with E-state index in [9.17, 15) is 15.0 Å². The zero-order valence-corrected chi connectivity index (χ0v) is 15.3. The maximum Gasteiger partial charge on any atom is 0.410 e. The molecule has 3 rings (SSSR count). The van der Waals surface area contributed by atoms with Crippen LogP contribution in [0.5, 0.6) is 5.75 Å². The molecule has 6 heteroatoms. The van der Waals surface area contributed by atoms with E-state index in [2.05, 4.69) is 4.99 Å². The normalized spacial score (nSPS) is 20.7. The van der Waals surface area contributed by atoms with Gasteiger partial charge in [-0.15, -0.1) is 0 Å². The Morgan fingerprint density at radius 3 is 2.70 bits per heavy atom. The van der Waals surface area contributed by atoms with Crippen LogP contribution in [-0.4, -0.2) is 52.2 Å². The molecule has 0 spiro atoms. The third-order valence-electron chi connectivity index (χ3n) is 4.89. The van der Waals surface area contributed by atoms with Gasteiger partial charge in [-0.05, 0) is 31.0 Å². The highest BCUT2D eigenvalue weighted by atomic mass is 16.6. The number of hydrogen-bond acceptors (Lipinski definition) is 5. The molecule has 0 radical (unpaired) electrons. The van der Waals surface area contributed by atoms with Crippen LogP contribution in [0.2, 0.25) is 0 Å². The summed E-state index contributed by atoms with van der Waals surface area (Å²) >= 11 is 0. The Kier molecular flexibility index (Phi) is 5.76. The SMILES string of the molecule is CC(N=Cc1ccccc1O)C1(O)CCN(C(=O)OCc2ccccc2)C1. The zero-order valence-electron chi connectivity index (χ0n) is 15.3. The second kappa shape index (κ2) is 8.22. The second-order valence-corrected chi connectivity index (χ2v) is 6.83. The Hall–Kier alpha value is -2.86. The number of rotatable bonds is 5. The second-order valence-electron chi connectivity index (χ2n) is 6.83. The summed E-state index contributed by atoms with van der Waals surface area (Å²) in [6.45, 7) is 2.59. The lowest BCUT2D eigenvalue weighted by Gasteiger charge is -2.27. The number of β-amino-alcohol motifs (C(OH)–C–C–N with tert-alkyl or cyclic N) is 1. The van der Waals surface area contributed by atoms with E-state index in [1.165, 1.54) is 4.90 Å². The molecule has 142 valence electrons. The van der Waals surface area contributed by atoms with Crippen molar-refractivity contribution in [2.45, 2.75) is 31.6 Å². The molecule has 0 aliphatic carbocycles. The molecule has 0 saturated carbocycles. The van der Waals surface area contributed by atoms with Gasteiger partial charge in [-0.2, -0.15) is 0 Å². The van der Waals surface area contributed by atoms with Crippen molar-refractivity contribution < 1.29 is 19.7 Å². The molecule has 2 atom stereocenters. The Balaban J connectivity index is 1.56. The number of hydrogen-bond donors (Lipinski definition) is 2. The van der Waals surface area contributed by atoms with E-state index in [0.717, 1.165) is 5.56 Å². The van der Waals surface area contributed by atoms with Crippen LogP contribution in [0.25, 0.3) is 0 Å². The zero-order chi connectivity index (χ0) is 19.3. The lowest BCUT2D eigenvalue weighted by atomic mass is 9.95. The van der Waals surface area contributed by atoms with Gasteiger partial charge in [0.25, 0.3) is 0 Å². The van der Waals surface area contributed by atoms with E-state index in [-0.39, 0.29) is 18.9 Å². The number of nitrogens with zero attached hydrogens (tertiary/aromatic N) is 2. The molecular formula is C21H24N2O4. The van der Waals surface area contributed by atoms with E-state index >= 15 is 0 Å². The maximum absolute atomic E-state index is 12.3. The van der Waals surface area contributed by atoms with Crippen molar-refractivity contribution in [3.8, 4) is 5.75 Å². The van der Waals surface area contributed by atoms with Gasteiger partial charge >= 0.3 is 6.09 Å². The summed E-state index contributed by atoms with van der Waals surface area (Å²) in [5.41, 5.74) is 0.387. The number of ether oxygens (including phenoxy) is 1. The minimum absolute atomic E-state index is 0.137. The fraction of sp³-hybridized carbons (Fsp3) is 0.333.